The summed E-state index contributed by atoms with van der Waals surface area (Å²) in [5.74, 6) is -0.101. The number of imidazole rings is 1. The third-order valence-corrected chi connectivity index (χ3v) is 7.10. The molecule has 0 aliphatic heterocycles. The van der Waals surface area contributed by atoms with Crippen molar-refractivity contribution in [2.45, 2.75) is 30.8 Å². The van der Waals surface area contributed by atoms with E-state index in [-0.39, 0.29) is 16.6 Å². The number of anilines is 1. The summed E-state index contributed by atoms with van der Waals surface area (Å²) in [6.45, 7) is 5.79. The van der Waals surface area contributed by atoms with Crippen LogP contribution in [0.2, 0.25) is 0 Å². The van der Waals surface area contributed by atoms with E-state index in [0.717, 1.165) is 11.3 Å². The summed E-state index contributed by atoms with van der Waals surface area (Å²) < 4.78 is 28.5. The Labute approximate surface area is 181 Å². The summed E-state index contributed by atoms with van der Waals surface area (Å²) in [6, 6.07) is 11.0. The zero-order valence-electron chi connectivity index (χ0n) is 17.3. The van der Waals surface area contributed by atoms with Crippen LogP contribution in [0.15, 0.2) is 58.8 Å². The number of aromatic nitrogens is 2. The van der Waals surface area contributed by atoms with Crippen molar-refractivity contribution in [1.82, 2.24) is 14.3 Å². The van der Waals surface area contributed by atoms with Crippen LogP contribution in [0.25, 0.3) is 5.69 Å². The van der Waals surface area contributed by atoms with Crippen molar-refractivity contribution < 1.29 is 13.2 Å². The van der Waals surface area contributed by atoms with Gasteiger partial charge in [-0.25, -0.2) is 18.1 Å². The minimum Gasteiger partial charge on any atom is -0.325 e. The van der Waals surface area contributed by atoms with Gasteiger partial charge in [0.1, 0.15) is 0 Å². The highest BCUT2D eigenvalue weighted by molar-refractivity contribution is 7.99. The average Bonchev–Trinajstić information content (AvgIpc) is 3.16. The van der Waals surface area contributed by atoms with E-state index in [2.05, 4.69) is 21.1 Å². The third kappa shape index (κ3) is 4.92. The minimum absolute atomic E-state index is 0.140. The maximum Gasteiger partial charge on any atom is 0.240 e. The first kappa shape index (κ1) is 22.1. The second-order valence-corrected chi connectivity index (χ2v) is 9.69. The van der Waals surface area contributed by atoms with Crippen molar-refractivity contribution in [3.63, 3.8) is 0 Å². The zero-order valence-corrected chi connectivity index (χ0v) is 18.9. The SMILES string of the molecule is CNS(=O)(=O)c1cc(NC(=O)CSc2nccn2-c2ccc(C)cc2C)ccc1C. The fourth-order valence-electron chi connectivity index (χ4n) is 3.06. The molecule has 0 unspecified atom stereocenters. The summed E-state index contributed by atoms with van der Waals surface area (Å²) in [5, 5.41) is 3.47. The molecule has 0 aliphatic carbocycles. The average molecular weight is 445 g/mol. The van der Waals surface area contributed by atoms with Gasteiger partial charge in [-0.2, -0.15) is 0 Å². The number of carbonyl (C=O) groups is 1. The number of rotatable bonds is 7. The molecule has 30 heavy (non-hydrogen) atoms. The third-order valence-electron chi connectivity index (χ3n) is 4.58. The van der Waals surface area contributed by atoms with E-state index < -0.39 is 10.0 Å². The Bertz CT molecular complexity index is 1190. The first-order valence-corrected chi connectivity index (χ1v) is 11.8. The van der Waals surface area contributed by atoms with Crippen molar-refractivity contribution in [1.29, 1.82) is 0 Å². The number of amides is 1. The predicted octanol–water partition coefficient (Wildman–Crippen LogP) is 3.44. The largest absolute Gasteiger partial charge is 0.325 e. The van der Waals surface area contributed by atoms with Gasteiger partial charge in [-0.05, 0) is 57.1 Å². The number of nitrogens with one attached hydrogen (secondary N) is 2. The van der Waals surface area contributed by atoms with E-state index in [4.69, 9.17) is 0 Å². The molecule has 7 nitrogen and oxygen atoms in total. The highest BCUT2D eigenvalue weighted by Gasteiger charge is 2.16. The van der Waals surface area contributed by atoms with Crippen molar-refractivity contribution in [2.75, 3.05) is 18.1 Å². The van der Waals surface area contributed by atoms with E-state index in [0.29, 0.717) is 16.4 Å². The Morgan fingerprint density at radius 2 is 1.87 bits per heavy atom. The Morgan fingerprint density at radius 3 is 2.57 bits per heavy atom. The molecule has 0 radical (unpaired) electrons. The van der Waals surface area contributed by atoms with Gasteiger partial charge in [0.25, 0.3) is 0 Å². The molecular formula is C21H24N4O3S2. The van der Waals surface area contributed by atoms with E-state index in [1.807, 2.05) is 36.7 Å². The Morgan fingerprint density at radius 1 is 1.10 bits per heavy atom. The van der Waals surface area contributed by atoms with Crippen LogP contribution in [0.4, 0.5) is 5.69 Å². The van der Waals surface area contributed by atoms with Crippen LogP contribution in [0.3, 0.4) is 0 Å². The van der Waals surface area contributed by atoms with E-state index >= 15 is 0 Å². The van der Waals surface area contributed by atoms with Gasteiger partial charge < -0.3 is 5.32 Å². The number of benzene rings is 2. The van der Waals surface area contributed by atoms with Crippen LogP contribution in [0, 0.1) is 20.8 Å². The molecule has 0 saturated heterocycles. The molecular weight excluding hydrogens is 420 g/mol. The monoisotopic (exact) mass is 444 g/mol. The molecule has 9 heteroatoms. The molecule has 1 aromatic heterocycles. The summed E-state index contributed by atoms with van der Waals surface area (Å²) in [6.07, 6.45) is 3.57. The number of carbonyl (C=O) groups excluding carboxylic acids is 1. The summed E-state index contributed by atoms with van der Waals surface area (Å²) in [5.41, 5.74) is 4.35. The molecule has 158 valence electrons. The summed E-state index contributed by atoms with van der Waals surface area (Å²) in [4.78, 5) is 17.0. The Kier molecular flexibility index (Phi) is 6.64. The molecule has 1 heterocycles. The second-order valence-electron chi connectivity index (χ2n) is 6.89. The smallest absolute Gasteiger partial charge is 0.240 e. The molecule has 3 rings (SSSR count). The molecule has 0 aliphatic rings. The molecule has 3 aromatic rings. The first-order chi connectivity index (χ1) is 14.2. The topological polar surface area (TPSA) is 93.1 Å². The van der Waals surface area contributed by atoms with Gasteiger partial charge in [0.05, 0.1) is 16.3 Å². The standard InChI is InChI=1S/C21H24N4O3S2/c1-14-5-8-18(16(3)11-14)25-10-9-23-21(25)29-13-20(26)24-17-7-6-15(2)19(12-17)30(27,28)22-4/h5-12,22H,13H2,1-4H3,(H,24,26). The van der Waals surface area contributed by atoms with Crippen LogP contribution in [-0.2, 0) is 14.8 Å². The lowest BCUT2D eigenvalue weighted by Crippen LogP contribution is -2.20. The fourth-order valence-corrected chi connectivity index (χ4v) is 4.82. The molecule has 0 spiro atoms. The molecule has 0 fully saturated rings. The normalized spacial score (nSPS) is 11.5. The fraction of sp³-hybridized carbons (Fsp3) is 0.238. The maximum absolute atomic E-state index is 12.4. The van der Waals surface area contributed by atoms with Crippen LogP contribution >= 0.6 is 11.8 Å². The van der Waals surface area contributed by atoms with Crippen molar-refractivity contribution >= 4 is 33.4 Å². The van der Waals surface area contributed by atoms with Gasteiger partial charge >= 0.3 is 0 Å². The van der Waals surface area contributed by atoms with E-state index in [9.17, 15) is 13.2 Å². The van der Waals surface area contributed by atoms with Crippen LogP contribution < -0.4 is 10.0 Å². The maximum atomic E-state index is 12.4. The van der Waals surface area contributed by atoms with Crippen molar-refractivity contribution in [3.8, 4) is 5.69 Å². The van der Waals surface area contributed by atoms with Gasteiger partial charge in [0.15, 0.2) is 5.16 Å². The molecule has 2 aromatic carbocycles. The molecule has 2 N–H and O–H groups in total. The molecule has 0 saturated carbocycles. The van der Waals surface area contributed by atoms with Gasteiger partial charge in [-0.3, -0.25) is 9.36 Å². The lowest BCUT2D eigenvalue weighted by molar-refractivity contribution is -0.113. The van der Waals surface area contributed by atoms with Gasteiger partial charge in [-0.15, -0.1) is 0 Å². The van der Waals surface area contributed by atoms with E-state index in [1.165, 1.54) is 30.4 Å². The van der Waals surface area contributed by atoms with Gasteiger partial charge in [0.2, 0.25) is 15.9 Å². The Hall–Kier alpha value is -2.62. The highest BCUT2D eigenvalue weighted by Crippen LogP contribution is 2.24. The number of aryl methyl sites for hydroxylation is 3. The predicted molar refractivity (Wildman–Crippen MR) is 120 cm³/mol. The lowest BCUT2D eigenvalue weighted by atomic mass is 10.1. The number of sulfonamides is 1. The molecule has 1 amide bonds. The van der Waals surface area contributed by atoms with Crippen molar-refractivity contribution in [3.05, 3.63) is 65.5 Å². The van der Waals surface area contributed by atoms with Gasteiger partial charge in [0, 0.05) is 18.1 Å². The van der Waals surface area contributed by atoms with Crippen LogP contribution in [0.5, 0.6) is 0 Å². The first-order valence-electron chi connectivity index (χ1n) is 9.29. The van der Waals surface area contributed by atoms with Gasteiger partial charge in [-0.1, -0.05) is 35.5 Å². The summed E-state index contributed by atoms with van der Waals surface area (Å²) in [7, 11) is -2.24. The number of thioether (sulfide) groups is 1. The molecule has 0 atom stereocenters. The number of nitrogens with zero attached hydrogens (tertiary/aromatic N) is 2. The number of hydrogen-bond donors (Lipinski definition) is 2. The lowest BCUT2D eigenvalue weighted by Gasteiger charge is -2.12. The quantitative estimate of drug-likeness (QED) is 0.545. The number of hydrogen-bond acceptors (Lipinski definition) is 5. The minimum atomic E-state index is -3.60. The highest BCUT2D eigenvalue weighted by atomic mass is 32.2. The molecule has 0 bridgehead atoms. The summed E-state index contributed by atoms with van der Waals surface area (Å²) >= 11 is 1.32. The van der Waals surface area contributed by atoms with Crippen LogP contribution in [-0.4, -0.2) is 36.7 Å². The Balaban J connectivity index is 1.71. The zero-order chi connectivity index (χ0) is 21.9. The second kappa shape index (κ2) is 9.03. The van der Waals surface area contributed by atoms with Crippen LogP contribution in [0.1, 0.15) is 16.7 Å². The van der Waals surface area contributed by atoms with Crippen molar-refractivity contribution in [2.24, 2.45) is 0 Å². The van der Waals surface area contributed by atoms with E-state index in [1.54, 1.807) is 25.3 Å².